The van der Waals surface area contributed by atoms with Crippen molar-refractivity contribution < 1.29 is 8.42 Å². The van der Waals surface area contributed by atoms with Crippen molar-refractivity contribution in [3.05, 3.63) is 24.3 Å². The van der Waals surface area contributed by atoms with Crippen LogP contribution >= 0.6 is 0 Å². The van der Waals surface area contributed by atoms with Crippen molar-refractivity contribution in [1.82, 2.24) is 5.32 Å². The van der Waals surface area contributed by atoms with Crippen LogP contribution in [0.1, 0.15) is 13.8 Å². The molecule has 0 fully saturated rings. The Bertz CT molecular complexity index is 426. The first-order valence-electron chi connectivity index (χ1n) is 5.87. The van der Waals surface area contributed by atoms with Crippen LogP contribution in [-0.2, 0) is 9.84 Å². The number of nitrogens with one attached hydrogen (secondary N) is 2. The molecule has 5 heteroatoms. The van der Waals surface area contributed by atoms with Crippen molar-refractivity contribution in [2.45, 2.75) is 18.7 Å². The lowest BCUT2D eigenvalue weighted by Gasteiger charge is -2.07. The van der Waals surface area contributed by atoms with Crippen molar-refractivity contribution in [1.29, 1.82) is 0 Å². The number of benzene rings is 1. The Morgan fingerprint density at radius 3 is 2.24 bits per heavy atom. The van der Waals surface area contributed by atoms with Gasteiger partial charge in [-0.05, 0) is 30.8 Å². The minimum Gasteiger partial charge on any atom is -0.384 e. The highest BCUT2D eigenvalue weighted by Crippen LogP contribution is 2.14. The molecule has 2 N–H and O–H groups in total. The van der Waals surface area contributed by atoms with E-state index in [2.05, 4.69) is 17.6 Å². The quantitative estimate of drug-likeness (QED) is 0.726. The number of sulfone groups is 1. The van der Waals surface area contributed by atoms with Gasteiger partial charge in [-0.1, -0.05) is 13.8 Å². The van der Waals surface area contributed by atoms with Crippen LogP contribution in [0.2, 0.25) is 0 Å². The maximum Gasteiger partial charge on any atom is 0.178 e. The standard InChI is InChI=1S/C12H20N2O2S/c1-3-13-9-10-14-11-5-7-12(8-6-11)17(15,16)4-2/h5-8,13-14H,3-4,9-10H2,1-2H3. The monoisotopic (exact) mass is 256 g/mol. The summed E-state index contributed by atoms with van der Waals surface area (Å²) < 4.78 is 23.2. The van der Waals surface area contributed by atoms with Gasteiger partial charge in [0.05, 0.1) is 10.6 Å². The van der Waals surface area contributed by atoms with Crippen molar-refractivity contribution >= 4 is 15.5 Å². The second-order valence-corrected chi connectivity index (χ2v) is 5.99. The first-order chi connectivity index (χ1) is 8.10. The minimum absolute atomic E-state index is 0.139. The van der Waals surface area contributed by atoms with Gasteiger partial charge < -0.3 is 10.6 Å². The van der Waals surface area contributed by atoms with Gasteiger partial charge in [0.2, 0.25) is 0 Å². The van der Waals surface area contributed by atoms with Gasteiger partial charge in [-0.15, -0.1) is 0 Å². The summed E-state index contributed by atoms with van der Waals surface area (Å²) in [5.41, 5.74) is 0.943. The maximum absolute atomic E-state index is 11.6. The predicted octanol–water partition coefficient (Wildman–Crippen LogP) is 1.50. The van der Waals surface area contributed by atoms with Crippen molar-refractivity contribution in [3.63, 3.8) is 0 Å². The summed E-state index contributed by atoms with van der Waals surface area (Å²) in [4.78, 5) is 0.386. The molecule has 0 amide bonds. The summed E-state index contributed by atoms with van der Waals surface area (Å²) in [5.74, 6) is 0.139. The number of likely N-dealkylation sites (N-methyl/N-ethyl adjacent to an activating group) is 1. The lowest BCUT2D eigenvalue weighted by molar-refractivity contribution is 0.597. The molecule has 1 aromatic carbocycles. The fourth-order valence-electron chi connectivity index (χ4n) is 1.42. The molecule has 0 radical (unpaired) electrons. The Morgan fingerprint density at radius 1 is 1.06 bits per heavy atom. The lowest BCUT2D eigenvalue weighted by Crippen LogP contribution is -2.21. The van der Waals surface area contributed by atoms with Gasteiger partial charge >= 0.3 is 0 Å². The summed E-state index contributed by atoms with van der Waals surface area (Å²) in [6, 6.07) is 6.89. The number of rotatable bonds is 7. The molecule has 1 rings (SSSR count). The third kappa shape index (κ3) is 4.36. The second kappa shape index (κ2) is 6.61. The molecule has 0 heterocycles. The predicted molar refractivity (Wildman–Crippen MR) is 71.2 cm³/mol. The third-order valence-electron chi connectivity index (χ3n) is 2.47. The fraction of sp³-hybridized carbons (Fsp3) is 0.500. The Kier molecular flexibility index (Phi) is 5.44. The normalized spacial score (nSPS) is 11.4. The van der Waals surface area contributed by atoms with Crippen LogP contribution in [0, 0.1) is 0 Å². The van der Waals surface area contributed by atoms with Gasteiger partial charge in [0, 0.05) is 18.8 Å². The van der Waals surface area contributed by atoms with Crippen LogP contribution in [0.25, 0.3) is 0 Å². The minimum atomic E-state index is -3.08. The topological polar surface area (TPSA) is 58.2 Å². The van der Waals surface area contributed by atoms with E-state index in [0.29, 0.717) is 4.90 Å². The summed E-state index contributed by atoms with van der Waals surface area (Å²) in [6.07, 6.45) is 0. The number of hydrogen-bond acceptors (Lipinski definition) is 4. The van der Waals surface area contributed by atoms with Crippen molar-refractivity contribution in [3.8, 4) is 0 Å². The number of hydrogen-bond donors (Lipinski definition) is 2. The molecule has 0 spiro atoms. The fourth-order valence-corrected chi connectivity index (χ4v) is 2.30. The van der Waals surface area contributed by atoms with E-state index in [0.717, 1.165) is 25.3 Å². The largest absolute Gasteiger partial charge is 0.384 e. The molecule has 0 bridgehead atoms. The van der Waals surface area contributed by atoms with Gasteiger partial charge in [-0.25, -0.2) is 8.42 Å². The van der Waals surface area contributed by atoms with E-state index in [-0.39, 0.29) is 5.75 Å². The van der Waals surface area contributed by atoms with E-state index < -0.39 is 9.84 Å². The van der Waals surface area contributed by atoms with Crippen molar-refractivity contribution in [2.75, 3.05) is 30.7 Å². The average Bonchev–Trinajstić information content (AvgIpc) is 2.35. The molecule has 0 aliphatic carbocycles. The molecule has 0 aliphatic rings. The molecule has 96 valence electrons. The Balaban J connectivity index is 2.57. The van der Waals surface area contributed by atoms with Gasteiger partial charge in [0.1, 0.15) is 0 Å². The van der Waals surface area contributed by atoms with E-state index >= 15 is 0 Å². The zero-order valence-electron chi connectivity index (χ0n) is 10.4. The molecule has 0 saturated heterocycles. The van der Waals surface area contributed by atoms with Crippen LogP contribution in [0.5, 0.6) is 0 Å². The highest BCUT2D eigenvalue weighted by molar-refractivity contribution is 7.91. The Morgan fingerprint density at radius 2 is 1.71 bits per heavy atom. The third-order valence-corrected chi connectivity index (χ3v) is 4.22. The molecule has 0 unspecified atom stereocenters. The Hall–Kier alpha value is -1.07. The lowest BCUT2D eigenvalue weighted by atomic mass is 10.3. The second-order valence-electron chi connectivity index (χ2n) is 3.71. The van der Waals surface area contributed by atoms with E-state index in [9.17, 15) is 8.42 Å². The Labute approximate surface area is 103 Å². The molecular weight excluding hydrogens is 236 g/mol. The zero-order chi connectivity index (χ0) is 12.7. The first-order valence-corrected chi connectivity index (χ1v) is 7.52. The van der Waals surface area contributed by atoms with Gasteiger partial charge in [-0.2, -0.15) is 0 Å². The van der Waals surface area contributed by atoms with Gasteiger partial charge in [0.25, 0.3) is 0 Å². The van der Waals surface area contributed by atoms with Crippen molar-refractivity contribution in [2.24, 2.45) is 0 Å². The van der Waals surface area contributed by atoms with Crippen LogP contribution in [0.15, 0.2) is 29.2 Å². The molecule has 0 atom stereocenters. The maximum atomic E-state index is 11.6. The van der Waals surface area contributed by atoms with Gasteiger partial charge in [0.15, 0.2) is 9.84 Å². The molecule has 1 aromatic rings. The van der Waals surface area contributed by atoms with E-state index in [1.54, 1.807) is 31.2 Å². The molecular formula is C12H20N2O2S. The highest BCUT2D eigenvalue weighted by atomic mass is 32.2. The number of anilines is 1. The van der Waals surface area contributed by atoms with Crippen LogP contribution in [0.4, 0.5) is 5.69 Å². The molecule has 4 nitrogen and oxygen atoms in total. The van der Waals surface area contributed by atoms with Crippen LogP contribution in [0.3, 0.4) is 0 Å². The molecule has 0 aromatic heterocycles. The molecule has 0 aliphatic heterocycles. The smallest absolute Gasteiger partial charge is 0.178 e. The van der Waals surface area contributed by atoms with E-state index in [1.807, 2.05) is 0 Å². The van der Waals surface area contributed by atoms with Gasteiger partial charge in [-0.3, -0.25) is 0 Å². The average molecular weight is 256 g/mol. The molecule has 0 saturated carbocycles. The SMILES string of the molecule is CCNCCNc1ccc(S(=O)(=O)CC)cc1. The van der Waals surface area contributed by atoms with Crippen LogP contribution in [-0.4, -0.2) is 33.8 Å². The van der Waals surface area contributed by atoms with E-state index in [4.69, 9.17) is 0 Å². The summed E-state index contributed by atoms with van der Waals surface area (Å²) >= 11 is 0. The van der Waals surface area contributed by atoms with Crippen LogP contribution < -0.4 is 10.6 Å². The highest BCUT2D eigenvalue weighted by Gasteiger charge is 2.10. The first kappa shape index (κ1) is 14.0. The zero-order valence-corrected chi connectivity index (χ0v) is 11.2. The molecule has 17 heavy (non-hydrogen) atoms. The van der Waals surface area contributed by atoms with E-state index in [1.165, 1.54) is 0 Å². The summed E-state index contributed by atoms with van der Waals surface area (Å²) in [6.45, 7) is 6.39. The summed E-state index contributed by atoms with van der Waals surface area (Å²) in [7, 11) is -3.08. The summed E-state index contributed by atoms with van der Waals surface area (Å²) in [5, 5.41) is 6.42.